The molecule has 37 heavy (non-hydrogen) atoms. The maximum atomic E-state index is 12.8. The Morgan fingerprint density at radius 2 is 1.84 bits per heavy atom. The van der Waals surface area contributed by atoms with E-state index in [1.807, 2.05) is 0 Å². The number of nitrogens with one attached hydrogen (secondary N) is 6. The molecule has 3 aromatic rings. The molecule has 0 radical (unpaired) electrons. The molecule has 2 aliphatic heterocycles. The number of aromatic nitrogens is 2. The van der Waals surface area contributed by atoms with Crippen LogP contribution in [-0.4, -0.2) is 42.6 Å². The van der Waals surface area contributed by atoms with Gasteiger partial charge in [-0.2, -0.15) is 0 Å². The van der Waals surface area contributed by atoms with Gasteiger partial charge in [0.2, 0.25) is 0 Å². The van der Waals surface area contributed by atoms with Crippen molar-refractivity contribution in [3.63, 3.8) is 0 Å². The number of fused-ring (bicyclic) bond motifs is 1. The molecule has 15 heteroatoms. The zero-order valence-electron chi connectivity index (χ0n) is 19.1. The number of amides is 2. The first kappa shape index (κ1) is 24.1. The van der Waals surface area contributed by atoms with Crippen molar-refractivity contribution in [1.29, 1.82) is 0 Å². The molecule has 0 fully saturated rings. The molecule has 2 amide bonds. The van der Waals surface area contributed by atoms with Crippen LogP contribution in [0.2, 0.25) is 0 Å². The van der Waals surface area contributed by atoms with Gasteiger partial charge in [0.25, 0.3) is 21.8 Å². The van der Waals surface area contributed by atoms with Crippen molar-refractivity contribution in [2.75, 3.05) is 11.9 Å². The van der Waals surface area contributed by atoms with Crippen molar-refractivity contribution in [2.45, 2.75) is 18.1 Å². The quantitative estimate of drug-likeness (QED) is 0.210. The lowest BCUT2D eigenvalue weighted by Crippen LogP contribution is -2.35. The molecular formula is C22H21N9O5S. The van der Waals surface area contributed by atoms with Gasteiger partial charge in [0.1, 0.15) is 17.8 Å². The van der Waals surface area contributed by atoms with Crippen LogP contribution in [-0.2, 0) is 27.9 Å². The average molecular weight is 524 g/mol. The number of anilines is 1. The second kappa shape index (κ2) is 10.2. The van der Waals surface area contributed by atoms with Crippen molar-refractivity contribution < 1.29 is 22.7 Å². The van der Waals surface area contributed by atoms with Crippen LogP contribution in [0, 0.1) is 0 Å². The Hall–Kier alpha value is -4.60. The molecule has 6 N–H and O–H groups in total. The summed E-state index contributed by atoms with van der Waals surface area (Å²) in [5.74, 6) is 0.297. The molecule has 14 nitrogen and oxygen atoms in total. The summed E-state index contributed by atoms with van der Waals surface area (Å²) in [5, 5.41) is 9.04. The molecule has 5 rings (SSSR count). The highest BCUT2D eigenvalue weighted by atomic mass is 32.2. The Morgan fingerprint density at radius 1 is 1.03 bits per heavy atom. The van der Waals surface area contributed by atoms with Gasteiger partial charge >= 0.3 is 0 Å². The number of sulfonamides is 1. The predicted octanol–water partition coefficient (Wildman–Crippen LogP) is -0.510. The molecule has 0 saturated carbocycles. The lowest BCUT2D eigenvalue weighted by molar-refractivity contribution is -0.118. The molecule has 0 aliphatic carbocycles. The minimum atomic E-state index is -4.01. The van der Waals surface area contributed by atoms with Gasteiger partial charge in [0.15, 0.2) is 17.5 Å². The highest BCUT2D eigenvalue weighted by Crippen LogP contribution is 2.28. The van der Waals surface area contributed by atoms with Crippen LogP contribution in [0.4, 0.5) is 5.69 Å². The zero-order valence-corrected chi connectivity index (χ0v) is 19.9. The molecule has 0 atom stereocenters. The number of amidine groups is 1. The second-order valence-electron chi connectivity index (χ2n) is 7.94. The molecule has 2 aromatic carbocycles. The van der Waals surface area contributed by atoms with Crippen LogP contribution in [0.3, 0.4) is 0 Å². The average Bonchev–Trinajstić information content (AvgIpc) is 3.46. The molecule has 0 unspecified atom stereocenters. The van der Waals surface area contributed by atoms with Crippen molar-refractivity contribution >= 4 is 33.4 Å². The first-order valence-corrected chi connectivity index (χ1v) is 12.4. The highest BCUT2D eigenvalue weighted by molar-refractivity contribution is 7.89. The van der Waals surface area contributed by atoms with Crippen LogP contribution < -0.4 is 36.6 Å². The maximum absolute atomic E-state index is 12.8. The SMILES string of the molecule is O=C1COc2ccc(CNC(=O)c3cc(S(=O)(=O)NCc4ccc(C5=NNNN5)cc4)ncn3)cc2N1. The fourth-order valence-corrected chi connectivity index (χ4v) is 4.45. The molecule has 0 bridgehead atoms. The van der Waals surface area contributed by atoms with Crippen LogP contribution in [0.5, 0.6) is 5.75 Å². The topological polar surface area (TPSA) is 188 Å². The number of benzene rings is 2. The van der Waals surface area contributed by atoms with E-state index in [-0.39, 0.29) is 36.3 Å². The third-order valence-electron chi connectivity index (χ3n) is 5.38. The first-order chi connectivity index (χ1) is 17.9. The molecule has 3 heterocycles. The number of carbonyl (C=O) groups is 2. The number of ether oxygens (including phenoxy) is 1. The molecule has 2 aliphatic rings. The van der Waals surface area contributed by atoms with Gasteiger partial charge in [0, 0.05) is 24.7 Å². The van der Waals surface area contributed by atoms with Crippen LogP contribution in [0.25, 0.3) is 0 Å². The van der Waals surface area contributed by atoms with Crippen molar-refractivity contribution in [1.82, 2.24) is 36.5 Å². The normalized spacial score (nSPS) is 14.4. The molecule has 1 aromatic heterocycles. The Kier molecular flexibility index (Phi) is 6.63. The Balaban J connectivity index is 1.20. The van der Waals surface area contributed by atoms with Gasteiger partial charge in [-0.1, -0.05) is 30.3 Å². The number of hydrogen-bond donors (Lipinski definition) is 6. The minimum Gasteiger partial charge on any atom is -0.482 e. The largest absolute Gasteiger partial charge is 0.482 e. The van der Waals surface area contributed by atoms with Crippen LogP contribution in [0.1, 0.15) is 27.2 Å². The molecular weight excluding hydrogens is 502 g/mol. The predicted molar refractivity (Wildman–Crippen MR) is 130 cm³/mol. The number of carbonyl (C=O) groups excluding carboxylic acids is 2. The Labute approximate surface area is 210 Å². The lowest BCUT2D eigenvalue weighted by Gasteiger charge is -2.18. The number of hydrogen-bond acceptors (Lipinski definition) is 11. The Bertz CT molecular complexity index is 1490. The van der Waals surface area contributed by atoms with E-state index in [9.17, 15) is 18.0 Å². The summed E-state index contributed by atoms with van der Waals surface area (Å²) in [7, 11) is -4.01. The smallest absolute Gasteiger partial charge is 0.270 e. The van der Waals surface area contributed by atoms with E-state index in [2.05, 4.69) is 46.9 Å². The van der Waals surface area contributed by atoms with Gasteiger partial charge in [-0.25, -0.2) is 28.6 Å². The number of nitrogens with zero attached hydrogens (tertiary/aromatic N) is 3. The van der Waals surface area contributed by atoms with Gasteiger partial charge in [-0.05, 0) is 23.3 Å². The second-order valence-corrected chi connectivity index (χ2v) is 9.65. The summed E-state index contributed by atoms with van der Waals surface area (Å²) in [6, 6.07) is 13.3. The van der Waals surface area contributed by atoms with E-state index >= 15 is 0 Å². The Morgan fingerprint density at radius 3 is 2.62 bits per heavy atom. The lowest BCUT2D eigenvalue weighted by atomic mass is 10.1. The fourth-order valence-electron chi connectivity index (χ4n) is 3.49. The first-order valence-electron chi connectivity index (χ1n) is 11.0. The maximum Gasteiger partial charge on any atom is 0.270 e. The van der Waals surface area contributed by atoms with E-state index in [0.717, 1.165) is 18.0 Å². The van der Waals surface area contributed by atoms with Crippen LogP contribution in [0.15, 0.2) is 65.0 Å². The summed E-state index contributed by atoms with van der Waals surface area (Å²) < 4.78 is 33.3. The minimum absolute atomic E-state index is 0.0170. The van der Waals surface area contributed by atoms with Crippen LogP contribution >= 0.6 is 0 Å². The number of hydrazone groups is 1. The highest BCUT2D eigenvalue weighted by Gasteiger charge is 2.20. The summed E-state index contributed by atoms with van der Waals surface area (Å²) in [5.41, 5.74) is 10.7. The third-order valence-corrected chi connectivity index (χ3v) is 6.68. The third kappa shape index (κ3) is 5.64. The molecule has 0 saturated heterocycles. The van der Waals surface area contributed by atoms with Gasteiger partial charge in [-0.3, -0.25) is 15.0 Å². The van der Waals surface area contributed by atoms with E-state index in [1.165, 1.54) is 0 Å². The summed E-state index contributed by atoms with van der Waals surface area (Å²) in [6.45, 7) is 0.0897. The van der Waals surface area contributed by atoms with Gasteiger partial charge < -0.3 is 15.4 Å². The number of hydrazine groups is 2. The molecule has 0 spiro atoms. The van der Waals surface area contributed by atoms with Crippen molar-refractivity contribution in [3.05, 3.63) is 77.2 Å². The van der Waals surface area contributed by atoms with Gasteiger partial charge in [0.05, 0.1) is 5.69 Å². The number of rotatable bonds is 8. The van der Waals surface area contributed by atoms with E-state index in [1.54, 1.807) is 42.5 Å². The van der Waals surface area contributed by atoms with E-state index < -0.39 is 15.9 Å². The zero-order chi connectivity index (χ0) is 25.8. The summed E-state index contributed by atoms with van der Waals surface area (Å²) in [6.07, 6.45) is 1.02. The van der Waals surface area contributed by atoms with E-state index in [0.29, 0.717) is 28.4 Å². The standard InChI is InChI=1S/C22H21N9O5S/c32-19-11-36-18-6-3-14(7-16(18)27-19)9-23-22(33)17-8-20(25-12-24-17)37(34,35)26-10-13-1-4-15(5-2-13)21-28-30-31-29-21/h1-8,12,26,30-31H,9-11H2,(H,23,33)(H,27,32)(H,28,29). The summed E-state index contributed by atoms with van der Waals surface area (Å²) >= 11 is 0. The molecule has 190 valence electrons. The monoisotopic (exact) mass is 523 g/mol. The van der Waals surface area contributed by atoms with Crippen molar-refractivity contribution in [2.24, 2.45) is 5.10 Å². The van der Waals surface area contributed by atoms with Gasteiger partial charge in [-0.15, -0.1) is 10.6 Å². The van der Waals surface area contributed by atoms with Crippen molar-refractivity contribution in [3.8, 4) is 5.75 Å². The van der Waals surface area contributed by atoms with E-state index in [4.69, 9.17) is 4.74 Å². The fraction of sp³-hybridized carbons (Fsp3) is 0.136. The summed E-state index contributed by atoms with van der Waals surface area (Å²) in [4.78, 5) is 31.8.